The zero-order valence-electron chi connectivity index (χ0n) is 13.8. The first kappa shape index (κ1) is 17.7. The van der Waals surface area contributed by atoms with Crippen molar-refractivity contribution in [3.8, 4) is 0 Å². The minimum atomic E-state index is -3.61. The van der Waals surface area contributed by atoms with E-state index >= 15 is 0 Å². The van der Waals surface area contributed by atoms with Gasteiger partial charge in [-0.3, -0.25) is 9.52 Å². The molecule has 0 bridgehead atoms. The van der Waals surface area contributed by atoms with Gasteiger partial charge < -0.3 is 5.32 Å². The Hall–Kier alpha value is -2.09. The van der Waals surface area contributed by atoms with Gasteiger partial charge in [0.15, 0.2) is 0 Å². The zero-order valence-corrected chi connectivity index (χ0v) is 15.4. The summed E-state index contributed by atoms with van der Waals surface area (Å²) in [6.45, 7) is 0. The van der Waals surface area contributed by atoms with Gasteiger partial charge in [-0.2, -0.15) is 12.7 Å². The average Bonchev–Trinajstić information content (AvgIpc) is 2.54. The highest BCUT2D eigenvalue weighted by Gasteiger charge is 2.27. The van der Waals surface area contributed by atoms with E-state index in [9.17, 15) is 13.2 Å². The zero-order chi connectivity index (χ0) is 18.2. The van der Waals surface area contributed by atoms with Crippen LogP contribution in [0.5, 0.6) is 0 Å². The predicted octanol–water partition coefficient (Wildman–Crippen LogP) is 3.03. The number of hydrogen-bond acceptors (Lipinski definition) is 3. The molecule has 0 saturated heterocycles. The molecule has 1 heterocycles. The highest BCUT2D eigenvalue weighted by atomic mass is 35.5. The summed E-state index contributed by atoms with van der Waals surface area (Å²) in [6.07, 6.45) is 0.331. The molecule has 132 valence electrons. The van der Waals surface area contributed by atoms with E-state index in [-0.39, 0.29) is 11.8 Å². The Morgan fingerprint density at radius 2 is 1.84 bits per heavy atom. The maximum Gasteiger partial charge on any atom is 0.301 e. The van der Waals surface area contributed by atoms with E-state index in [4.69, 9.17) is 11.6 Å². The highest BCUT2D eigenvalue weighted by molar-refractivity contribution is 7.90. The molecular weight excluding hydrogens is 362 g/mol. The van der Waals surface area contributed by atoms with E-state index in [1.54, 1.807) is 24.3 Å². The third kappa shape index (κ3) is 3.78. The van der Waals surface area contributed by atoms with Crippen molar-refractivity contribution in [3.63, 3.8) is 0 Å². The number of anilines is 2. The molecule has 8 heteroatoms. The molecule has 1 amide bonds. The van der Waals surface area contributed by atoms with Gasteiger partial charge in [-0.05, 0) is 35.4 Å². The van der Waals surface area contributed by atoms with Crippen molar-refractivity contribution in [2.75, 3.05) is 24.1 Å². The lowest BCUT2D eigenvalue weighted by atomic mass is 9.85. The number of benzene rings is 2. The van der Waals surface area contributed by atoms with Crippen molar-refractivity contribution in [1.82, 2.24) is 4.31 Å². The second-order valence-corrected chi connectivity index (χ2v) is 8.37. The molecule has 2 aromatic rings. The van der Waals surface area contributed by atoms with Gasteiger partial charge in [0.1, 0.15) is 0 Å². The van der Waals surface area contributed by atoms with Crippen LogP contribution >= 0.6 is 11.6 Å². The Labute approximate surface area is 152 Å². The number of rotatable bonds is 4. The van der Waals surface area contributed by atoms with Gasteiger partial charge >= 0.3 is 10.2 Å². The fourth-order valence-electron chi connectivity index (χ4n) is 2.76. The van der Waals surface area contributed by atoms with Crippen molar-refractivity contribution >= 4 is 39.1 Å². The van der Waals surface area contributed by atoms with Crippen molar-refractivity contribution in [1.29, 1.82) is 0 Å². The van der Waals surface area contributed by atoms with Crippen LogP contribution in [0.25, 0.3) is 0 Å². The van der Waals surface area contributed by atoms with E-state index in [2.05, 4.69) is 10.0 Å². The maximum atomic E-state index is 12.1. The fraction of sp³-hybridized carbons (Fsp3) is 0.235. The lowest BCUT2D eigenvalue weighted by molar-refractivity contribution is -0.116. The molecule has 25 heavy (non-hydrogen) atoms. The molecule has 0 radical (unpaired) electrons. The van der Waals surface area contributed by atoms with Gasteiger partial charge in [-0.15, -0.1) is 0 Å². The smallest absolute Gasteiger partial charge is 0.301 e. The predicted molar refractivity (Wildman–Crippen MR) is 99.2 cm³/mol. The third-order valence-corrected chi connectivity index (χ3v) is 5.80. The van der Waals surface area contributed by atoms with Crippen LogP contribution in [0.15, 0.2) is 42.5 Å². The number of hydrogen-bond donors (Lipinski definition) is 2. The van der Waals surface area contributed by atoms with E-state index in [0.29, 0.717) is 22.8 Å². The molecule has 0 unspecified atom stereocenters. The Kier molecular flexibility index (Phi) is 4.73. The van der Waals surface area contributed by atoms with Gasteiger partial charge in [-0.25, -0.2) is 0 Å². The number of amides is 1. The SMILES string of the molecule is CN(C)S(=O)(=O)Nc1ccc2c(c1)NC(=O)C[C@H]2c1ccc(Cl)cc1. The molecule has 1 atom stereocenters. The molecule has 0 spiro atoms. The van der Waals surface area contributed by atoms with Crippen LogP contribution in [0.3, 0.4) is 0 Å². The number of halogens is 1. The van der Waals surface area contributed by atoms with Gasteiger partial charge in [-0.1, -0.05) is 29.8 Å². The van der Waals surface area contributed by atoms with Gasteiger partial charge in [0.05, 0.1) is 5.69 Å². The van der Waals surface area contributed by atoms with Gasteiger partial charge in [0.2, 0.25) is 5.91 Å². The Balaban J connectivity index is 1.97. The molecule has 1 aliphatic rings. The minimum absolute atomic E-state index is 0.0967. The Bertz CT molecular complexity index is 911. The normalized spacial score (nSPS) is 17.1. The van der Waals surface area contributed by atoms with Crippen LogP contribution in [0.4, 0.5) is 11.4 Å². The number of carbonyl (C=O) groups excluding carboxylic acids is 1. The second-order valence-electron chi connectivity index (χ2n) is 6.05. The lowest BCUT2D eigenvalue weighted by Gasteiger charge is -2.27. The Morgan fingerprint density at radius 3 is 2.48 bits per heavy atom. The van der Waals surface area contributed by atoms with Crippen molar-refractivity contribution in [3.05, 3.63) is 58.6 Å². The second kappa shape index (κ2) is 6.67. The summed E-state index contributed by atoms with van der Waals surface area (Å²) >= 11 is 5.94. The summed E-state index contributed by atoms with van der Waals surface area (Å²) in [4.78, 5) is 12.1. The lowest BCUT2D eigenvalue weighted by Crippen LogP contribution is -2.29. The molecule has 6 nitrogen and oxygen atoms in total. The number of carbonyl (C=O) groups is 1. The molecule has 0 fully saturated rings. The van der Waals surface area contributed by atoms with Crippen LogP contribution in [0, 0.1) is 0 Å². The standard InChI is InChI=1S/C17H18ClN3O3S/c1-21(2)25(23,24)20-13-7-8-14-15(10-17(22)19-16(14)9-13)11-3-5-12(18)6-4-11/h3-9,15,20H,10H2,1-2H3,(H,19,22)/t15-/m0/s1. The fourth-order valence-corrected chi connectivity index (χ4v) is 3.49. The van der Waals surface area contributed by atoms with Crippen LogP contribution in [0.1, 0.15) is 23.5 Å². The van der Waals surface area contributed by atoms with E-state index in [1.165, 1.54) is 14.1 Å². The number of fused-ring (bicyclic) bond motifs is 1. The first-order chi connectivity index (χ1) is 11.8. The van der Waals surface area contributed by atoms with Gasteiger partial charge in [0.25, 0.3) is 0 Å². The monoisotopic (exact) mass is 379 g/mol. The van der Waals surface area contributed by atoms with E-state index in [1.807, 2.05) is 18.2 Å². The van der Waals surface area contributed by atoms with Crippen LogP contribution < -0.4 is 10.0 Å². The molecule has 3 rings (SSSR count). The molecule has 2 N–H and O–H groups in total. The number of nitrogens with zero attached hydrogens (tertiary/aromatic N) is 1. The van der Waals surface area contributed by atoms with Crippen LogP contribution in [-0.2, 0) is 15.0 Å². The number of nitrogens with one attached hydrogen (secondary N) is 2. The van der Waals surface area contributed by atoms with Crippen molar-refractivity contribution in [2.45, 2.75) is 12.3 Å². The summed E-state index contributed by atoms with van der Waals surface area (Å²) in [7, 11) is -0.719. The molecule has 2 aromatic carbocycles. The van der Waals surface area contributed by atoms with E-state index < -0.39 is 10.2 Å². The first-order valence-corrected chi connectivity index (χ1v) is 9.47. The largest absolute Gasteiger partial charge is 0.326 e. The molecule has 0 aromatic heterocycles. The summed E-state index contributed by atoms with van der Waals surface area (Å²) in [5.41, 5.74) is 2.93. The Morgan fingerprint density at radius 1 is 1.16 bits per heavy atom. The van der Waals surface area contributed by atoms with Crippen molar-refractivity contribution < 1.29 is 13.2 Å². The van der Waals surface area contributed by atoms with Gasteiger partial charge in [0, 0.05) is 37.1 Å². The topological polar surface area (TPSA) is 78.5 Å². The maximum absolute atomic E-state index is 12.1. The quantitative estimate of drug-likeness (QED) is 0.857. The van der Waals surface area contributed by atoms with Crippen LogP contribution in [-0.4, -0.2) is 32.7 Å². The third-order valence-electron chi connectivity index (χ3n) is 4.09. The highest BCUT2D eigenvalue weighted by Crippen LogP contribution is 2.38. The van der Waals surface area contributed by atoms with E-state index in [0.717, 1.165) is 15.4 Å². The van der Waals surface area contributed by atoms with Crippen molar-refractivity contribution in [2.24, 2.45) is 0 Å². The molecular formula is C17H18ClN3O3S. The summed E-state index contributed by atoms with van der Waals surface area (Å²) in [5.74, 6) is -0.208. The summed E-state index contributed by atoms with van der Waals surface area (Å²) < 4.78 is 27.5. The summed E-state index contributed by atoms with van der Waals surface area (Å²) in [6, 6.07) is 12.6. The first-order valence-electron chi connectivity index (χ1n) is 7.66. The molecule has 0 aliphatic carbocycles. The molecule has 0 saturated carbocycles. The van der Waals surface area contributed by atoms with Crippen LogP contribution in [0.2, 0.25) is 5.02 Å². The average molecular weight is 380 g/mol. The minimum Gasteiger partial charge on any atom is -0.326 e. The summed E-state index contributed by atoms with van der Waals surface area (Å²) in [5, 5.41) is 3.45. The molecule has 1 aliphatic heterocycles.